The number of hydrogen-bond acceptors (Lipinski definition) is 3. The summed E-state index contributed by atoms with van der Waals surface area (Å²) in [5.74, 6) is 0. The second kappa shape index (κ2) is 6.03. The Labute approximate surface area is 124 Å². The molecule has 3 nitrogen and oxygen atoms in total. The van der Waals surface area contributed by atoms with Gasteiger partial charge in [0.25, 0.3) is 10.1 Å². The molecule has 0 aliphatic heterocycles. The van der Waals surface area contributed by atoms with Crippen LogP contribution in [0.2, 0.25) is 0 Å². The quantitative estimate of drug-likeness (QED) is 0.716. The summed E-state index contributed by atoms with van der Waals surface area (Å²) in [5, 5.41) is 0. The van der Waals surface area contributed by atoms with Gasteiger partial charge in [-0.1, -0.05) is 35.2 Å². The van der Waals surface area contributed by atoms with Gasteiger partial charge in [-0.3, -0.25) is 4.18 Å². The summed E-state index contributed by atoms with van der Waals surface area (Å²) in [5.41, 5.74) is 0. The second-order valence-corrected chi connectivity index (χ2v) is 7.70. The SMILES string of the molecule is O=S(=O)(OC1CCCCC1)c1cc(Br)ccc1Br. The highest BCUT2D eigenvalue weighted by Gasteiger charge is 2.25. The fourth-order valence-corrected chi connectivity index (χ4v) is 4.65. The molecule has 1 aliphatic carbocycles. The molecule has 0 unspecified atom stereocenters. The Kier molecular flexibility index (Phi) is 4.86. The number of rotatable bonds is 3. The van der Waals surface area contributed by atoms with E-state index in [9.17, 15) is 8.42 Å². The summed E-state index contributed by atoms with van der Waals surface area (Å²) < 4.78 is 31.0. The molecular formula is C12H14Br2O3S. The Morgan fingerprint density at radius 2 is 1.78 bits per heavy atom. The van der Waals surface area contributed by atoms with Crippen LogP contribution in [0.5, 0.6) is 0 Å². The predicted molar refractivity (Wildman–Crippen MR) is 77.0 cm³/mol. The monoisotopic (exact) mass is 396 g/mol. The molecule has 1 aromatic carbocycles. The van der Waals surface area contributed by atoms with E-state index < -0.39 is 10.1 Å². The van der Waals surface area contributed by atoms with E-state index in [0.29, 0.717) is 4.47 Å². The third-order valence-electron chi connectivity index (χ3n) is 2.98. The van der Waals surface area contributed by atoms with Crippen molar-refractivity contribution >= 4 is 42.0 Å². The van der Waals surface area contributed by atoms with Crippen molar-refractivity contribution in [1.82, 2.24) is 0 Å². The van der Waals surface area contributed by atoms with E-state index in [1.54, 1.807) is 18.2 Å². The van der Waals surface area contributed by atoms with Gasteiger partial charge in [-0.05, 0) is 47.0 Å². The average Bonchev–Trinajstić information content (AvgIpc) is 2.33. The molecule has 6 heteroatoms. The van der Waals surface area contributed by atoms with Crippen molar-refractivity contribution in [3.63, 3.8) is 0 Å². The van der Waals surface area contributed by atoms with Crippen molar-refractivity contribution in [1.29, 1.82) is 0 Å². The van der Waals surface area contributed by atoms with Crippen LogP contribution in [0.4, 0.5) is 0 Å². The van der Waals surface area contributed by atoms with Gasteiger partial charge >= 0.3 is 0 Å². The number of benzene rings is 1. The van der Waals surface area contributed by atoms with E-state index in [4.69, 9.17) is 4.18 Å². The van der Waals surface area contributed by atoms with Gasteiger partial charge in [0.15, 0.2) is 0 Å². The zero-order valence-electron chi connectivity index (χ0n) is 9.73. The molecule has 0 amide bonds. The van der Waals surface area contributed by atoms with Crippen molar-refractivity contribution < 1.29 is 12.6 Å². The van der Waals surface area contributed by atoms with Gasteiger partial charge in [-0.25, -0.2) is 0 Å². The molecule has 2 rings (SSSR count). The van der Waals surface area contributed by atoms with Crippen molar-refractivity contribution in [2.75, 3.05) is 0 Å². The van der Waals surface area contributed by atoms with Gasteiger partial charge in [0.2, 0.25) is 0 Å². The predicted octanol–water partition coefficient (Wildman–Crippen LogP) is 4.25. The standard InChI is InChI=1S/C12H14Br2O3S/c13-9-6-7-11(14)12(8-9)18(15,16)17-10-4-2-1-3-5-10/h6-8,10H,1-5H2. The number of hydrogen-bond donors (Lipinski definition) is 0. The summed E-state index contributed by atoms with van der Waals surface area (Å²) in [6.45, 7) is 0. The molecule has 0 saturated heterocycles. The Morgan fingerprint density at radius 3 is 2.44 bits per heavy atom. The Bertz CT molecular complexity index is 522. The summed E-state index contributed by atoms with van der Waals surface area (Å²) in [4.78, 5) is 0.183. The first kappa shape index (κ1) is 14.5. The maximum absolute atomic E-state index is 12.2. The van der Waals surface area contributed by atoms with Crippen LogP contribution in [-0.4, -0.2) is 14.5 Å². The zero-order valence-corrected chi connectivity index (χ0v) is 13.7. The summed E-state index contributed by atoms with van der Waals surface area (Å²) >= 11 is 6.52. The lowest BCUT2D eigenvalue weighted by molar-refractivity contribution is 0.162. The first-order valence-electron chi connectivity index (χ1n) is 5.87. The highest BCUT2D eigenvalue weighted by molar-refractivity contribution is 9.11. The minimum atomic E-state index is -3.69. The Hall–Kier alpha value is 0.0900. The normalized spacial score (nSPS) is 17.9. The lowest BCUT2D eigenvalue weighted by Gasteiger charge is -2.21. The fraction of sp³-hybridized carbons (Fsp3) is 0.500. The van der Waals surface area contributed by atoms with Crippen LogP contribution < -0.4 is 0 Å². The van der Waals surface area contributed by atoms with E-state index in [0.717, 1.165) is 30.2 Å². The van der Waals surface area contributed by atoms with E-state index in [1.807, 2.05) is 0 Å². The van der Waals surface area contributed by atoms with E-state index in [-0.39, 0.29) is 11.0 Å². The molecule has 0 bridgehead atoms. The molecule has 0 N–H and O–H groups in total. The topological polar surface area (TPSA) is 43.4 Å². The van der Waals surface area contributed by atoms with Crippen LogP contribution in [0.1, 0.15) is 32.1 Å². The summed E-state index contributed by atoms with van der Waals surface area (Å²) in [6, 6.07) is 5.03. The van der Waals surface area contributed by atoms with Crippen LogP contribution in [-0.2, 0) is 14.3 Å². The average molecular weight is 398 g/mol. The molecule has 1 aromatic rings. The van der Waals surface area contributed by atoms with Gasteiger partial charge in [-0.2, -0.15) is 8.42 Å². The fourth-order valence-electron chi connectivity index (χ4n) is 2.06. The minimum Gasteiger partial charge on any atom is -0.263 e. The third-order valence-corrected chi connectivity index (χ3v) is 5.83. The lowest BCUT2D eigenvalue weighted by atomic mass is 9.98. The Morgan fingerprint density at radius 1 is 1.11 bits per heavy atom. The van der Waals surface area contributed by atoms with Crippen LogP contribution >= 0.6 is 31.9 Å². The molecule has 0 heterocycles. The lowest BCUT2D eigenvalue weighted by Crippen LogP contribution is -2.21. The highest BCUT2D eigenvalue weighted by Crippen LogP contribution is 2.30. The first-order valence-corrected chi connectivity index (χ1v) is 8.87. The Balaban J connectivity index is 2.21. The molecule has 0 spiro atoms. The van der Waals surface area contributed by atoms with Crippen molar-refractivity contribution in [3.05, 3.63) is 27.1 Å². The molecule has 1 aliphatic rings. The van der Waals surface area contributed by atoms with Crippen LogP contribution in [0.15, 0.2) is 32.0 Å². The molecule has 100 valence electrons. The van der Waals surface area contributed by atoms with Gasteiger partial charge in [-0.15, -0.1) is 0 Å². The van der Waals surface area contributed by atoms with Crippen LogP contribution in [0.25, 0.3) is 0 Å². The van der Waals surface area contributed by atoms with E-state index >= 15 is 0 Å². The highest BCUT2D eigenvalue weighted by atomic mass is 79.9. The third kappa shape index (κ3) is 3.56. The molecule has 0 radical (unpaired) electrons. The maximum Gasteiger partial charge on any atom is 0.298 e. The largest absolute Gasteiger partial charge is 0.298 e. The first-order chi connectivity index (χ1) is 8.49. The van der Waals surface area contributed by atoms with E-state index in [2.05, 4.69) is 31.9 Å². The van der Waals surface area contributed by atoms with Gasteiger partial charge < -0.3 is 0 Å². The second-order valence-electron chi connectivity index (χ2n) is 4.39. The minimum absolute atomic E-state index is 0.172. The molecule has 1 fully saturated rings. The zero-order chi connectivity index (χ0) is 13.2. The van der Waals surface area contributed by atoms with Crippen LogP contribution in [0.3, 0.4) is 0 Å². The number of halogens is 2. The smallest absolute Gasteiger partial charge is 0.263 e. The summed E-state index contributed by atoms with van der Waals surface area (Å²) in [6.07, 6.45) is 4.73. The van der Waals surface area contributed by atoms with Crippen LogP contribution in [0, 0.1) is 0 Å². The van der Waals surface area contributed by atoms with Gasteiger partial charge in [0, 0.05) is 8.95 Å². The molecule has 18 heavy (non-hydrogen) atoms. The van der Waals surface area contributed by atoms with Gasteiger partial charge in [0.1, 0.15) is 4.90 Å². The van der Waals surface area contributed by atoms with Crippen molar-refractivity contribution in [2.45, 2.75) is 43.1 Å². The maximum atomic E-state index is 12.2. The van der Waals surface area contributed by atoms with Gasteiger partial charge in [0.05, 0.1) is 6.10 Å². The van der Waals surface area contributed by atoms with Crippen molar-refractivity contribution in [3.8, 4) is 0 Å². The molecule has 0 aromatic heterocycles. The molecule has 1 saturated carbocycles. The molecule has 0 atom stereocenters. The van der Waals surface area contributed by atoms with E-state index in [1.165, 1.54) is 6.42 Å². The molecular weight excluding hydrogens is 384 g/mol. The summed E-state index contributed by atoms with van der Waals surface area (Å²) in [7, 11) is -3.69. The van der Waals surface area contributed by atoms with Crippen molar-refractivity contribution in [2.24, 2.45) is 0 Å².